The number of carbonyl (C=O) groups excluding carboxylic acids is 2. The molecule has 0 radical (unpaired) electrons. The highest BCUT2D eigenvalue weighted by atomic mass is 16.6. The Kier molecular flexibility index (Phi) is 7.58. The molecule has 0 saturated carbocycles. The molecule has 144 valence electrons. The van der Waals surface area contributed by atoms with Crippen molar-refractivity contribution in [3.8, 4) is 0 Å². The summed E-state index contributed by atoms with van der Waals surface area (Å²) in [5.74, 6) is 0.493. The lowest BCUT2D eigenvalue weighted by molar-refractivity contribution is 0.0945. The zero-order valence-corrected chi connectivity index (χ0v) is 15.8. The van der Waals surface area contributed by atoms with Gasteiger partial charge in [-0.2, -0.15) is 0 Å². The first-order valence-corrected chi connectivity index (χ1v) is 8.94. The van der Waals surface area contributed by atoms with E-state index in [0.717, 1.165) is 13.0 Å². The van der Waals surface area contributed by atoms with Gasteiger partial charge in [0.2, 0.25) is 0 Å². The molecule has 26 heavy (non-hydrogen) atoms. The fourth-order valence-corrected chi connectivity index (χ4v) is 2.64. The third-order valence-corrected chi connectivity index (χ3v) is 4.08. The van der Waals surface area contributed by atoms with Crippen molar-refractivity contribution in [1.29, 1.82) is 0 Å². The zero-order valence-electron chi connectivity index (χ0n) is 15.8. The number of ether oxygens (including phenoxy) is 1. The predicted molar refractivity (Wildman–Crippen MR) is 98.3 cm³/mol. The van der Waals surface area contributed by atoms with Crippen molar-refractivity contribution in [2.24, 2.45) is 0 Å². The first kappa shape index (κ1) is 19.9. The molecular formula is C17H28N6O3. The summed E-state index contributed by atoms with van der Waals surface area (Å²) >= 11 is 0. The number of rotatable bonds is 7. The van der Waals surface area contributed by atoms with Gasteiger partial charge in [0.1, 0.15) is 0 Å². The summed E-state index contributed by atoms with van der Waals surface area (Å²) in [4.78, 5) is 29.6. The topological polar surface area (TPSA) is 90.9 Å². The average molecular weight is 364 g/mol. The Hall–Kier alpha value is -2.42. The van der Waals surface area contributed by atoms with Gasteiger partial charge >= 0.3 is 6.09 Å². The maximum Gasteiger partial charge on any atom is 0.409 e. The number of hydrogen-bond acceptors (Lipinski definition) is 7. The maximum atomic E-state index is 12.1. The molecule has 9 heteroatoms. The second kappa shape index (κ2) is 9.91. The van der Waals surface area contributed by atoms with Gasteiger partial charge in [-0.05, 0) is 46.1 Å². The van der Waals surface area contributed by atoms with Gasteiger partial charge in [0.15, 0.2) is 11.5 Å². The van der Waals surface area contributed by atoms with E-state index in [1.807, 2.05) is 19.0 Å². The fourth-order valence-electron chi connectivity index (χ4n) is 2.64. The second-order valence-electron chi connectivity index (χ2n) is 6.36. The lowest BCUT2D eigenvalue weighted by Crippen LogP contribution is -2.49. The highest BCUT2D eigenvalue weighted by Gasteiger charge is 2.23. The molecule has 0 bridgehead atoms. The van der Waals surface area contributed by atoms with Crippen LogP contribution in [0.15, 0.2) is 12.1 Å². The lowest BCUT2D eigenvalue weighted by Gasteiger charge is -2.34. The summed E-state index contributed by atoms with van der Waals surface area (Å²) in [6.45, 7) is 6.17. The lowest BCUT2D eigenvalue weighted by atomic mass is 10.3. The number of carbonyl (C=O) groups is 2. The highest BCUT2D eigenvalue weighted by molar-refractivity contribution is 5.92. The molecule has 0 aromatic carbocycles. The normalized spacial score (nSPS) is 14.5. The van der Waals surface area contributed by atoms with Gasteiger partial charge in [0.05, 0.1) is 6.61 Å². The molecule has 0 aliphatic carbocycles. The van der Waals surface area contributed by atoms with Crippen molar-refractivity contribution in [1.82, 2.24) is 25.3 Å². The standard InChI is InChI=1S/C17H28N6O3/c1-4-26-17(25)23-12-10-22(11-13-23)15-7-6-14(19-20-15)16(24)18-8-5-9-21(2)3/h6-7H,4-5,8-13H2,1-3H3,(H,18,24). The van der Waals surface area contributed by atoms with Crippen LogP contribution in [-0.2, 0) is 4.74 Å². The van der Waals surface area contributed by atoms with Crippen LogP contribution in [-0.4, -0.2) is 92.0 Å². The number of anilines is 1. The first-order valence-electron chi connectivity index (χ1n) is 8.94. The Morgan fingerprint density at radius 3 is 2.50 bits per heavy atom. The van der Waals surface area contributed by atoms with Crippen LogP contribution >= 0.6 is 0 Å². The van der Waals surface area contributed by atoms with E-state index < -0.39 is 0 Å². The number of piperazine rings is 1. The Morgan fingerprint density at radius 2 is 1.92 bits per heavy atom. The number of nitrogens with zero attached hydrogens (tertiary/aromatic N) is 5. The molecule has 2 rings (SSSR count). The summed E-state index contributed by atoms with van der Waals surface area (Å²) in [5.41, 5.74) is 0.309. The molecule has 1 fully saturated rings. The number of aromatic nitrogens is 2. The van der Waals surface area contributed by atoms with Crippen molar-refractivity contribution in [3.05, 3.63) is 17.8 Å². The molecule has 1 N–H and O–H groups in total. The van der Waals surface area contributed by atoms with E-state index in [1.165, 1.54) is 0 Å². The third-order valence-electron chi connectivity index (χ3n) is 4.08. The number of amides is 2. The van der Waals surface area contributed by atoms with Crippen LogP contribution in [0.1, 0.15) is 23.8 Å². The summed E-state index contributed by atoms with van der Waals surface area (Å²) in [6.07, 6.45) is 0.606. The number of nitrogens with one attached hydrogen (secondary N) is 1. The molecule has 0 unspecified atom stereocenters. The molecule has 1 aliphatic heterocycles. The summed E-state index contributed by atoms with van der Waals surface area (Å²) in [5, 5.41) is 11.0. The maximum absolute atomic E-state index is 12.1. The van der Waals surface area contributed by atoms with E-state index in [-0.39, 0.29) is 12.0 Å². The minimum Gasteiger partial charge on any atom is -0.450 e. The van der Waals surface area contributed by atoms with Gasteiger partial charge in [-0.3, -0.25) is 4.79 Å². The minimum absolute atomic E-state index is 0.213. The predicted octanol–water partition coefficient (Wildman–Crippen LogP) is 0.437. The van der Waals surface area contributed by atoms with Crippen molar-refractivity contribution >= 4 is 17.8 Å². The average Bonchev–Trinajstić information content (AvgIpc) is 2.65. The summed E-state index contributed by atoms with van der Waals surface area (Å²) in [7, 11) is 4.00. The van der Waals surface area contributed by atoms with E-state index in [1.54, 1.807) is 24.0 Å². The Bertz CT molecular complexity index is 585. The molecular weight excluding hydrogens is 336 g/mol. The summed E-state index contributed by atoms with van der Waals surface area (Å²) in [6, 6.07) is 3.48. The van der Waals surface area contributed by atoms with Crippen LogP contribution in [0.2, 0.25) is 0 Å². The zero-order chi connectivity index (χ0) is 18.9. The van der Waals surface area contributed by atoms with Gasteiger partial charge in [-0.25, -0.2) is 4.79 Å². The van der Waals surface area contributed by atoms with E-state index >= 15 is 0 Å². The van der Waals surface area contributed by atoms with Gasteiger partial charge in [0.25, 0.3) is 5.91 Å². The first-order chi connectivity index (χ1) is 12.5. The van der Waals surface area contributed by atoms with Crippen LogP contribution in [0.3, 0.4) is 0 Å². The molecule has 1 saturated heterocycles. The molecule has 0 atom stereocenters. The molecule has 2 heterocycles. The second-order valence-corrected chi connectivity index (χ2v) is 6.36. The van der Waals surface area contributed by atoms with Gasteiger partial charge in [0, 0.05) is 32.7 Å². The molecule has 1 aromatic heterocycles. The van der Waals surface area contributed by atoms with Crippen molar-refractivity contribution in [2.75, 3.05) is 64.9 Å². The number of hydrogen-bond donors (Lipinski definition) is 1. The summed E-state index contributed by atoms with van der Waals surface area (Å²) < 4.78 is 5.01. The van der Waals surface area contributed by atoms with Crippen LogP contribution in [0.5, 0.6) is 0 Å². The van der Waals surface area contributed by atoms with Crippen LogP contribution in [0.4, 0.5) is 10.6 Å². The van der Waals surface area contributed by atoms with Crippen molar-refractivity contribution in [2.45, 2.75) is 13.3 Å². The van der Waals surface area contributed by atoms with E-state index in [9.17, 15) is 9.59 Å². The van der Waals surface area contributed by atoms with Crippen LogP contribution in [0.25, 0.3) is 0 Å². The molecule has 2 amide bonds. The van der Waals surface area contributed by atoms with E-state index in [4.69, 9.17) is 4.74 Å². The monoisotopic (exact) mass is 364 g/mol. The van der Waals surface area contributed by atoms with Crippen molar-refractivity contribution < 1.29 is 14.3 Å². The van der Waals surface area contributed by atoms with Gasteiger partial charge < -0.3 is 24.8 Å². The smallest absolute Gasteiger partial charge is 0.409 e. The third kappa shape index (κ3) is 5.83. The Morgan fingerprint density at radius 1 is 1.19 bits per heavy atom. The molecule has 0 spiro atoms. The largest absolute Gasteiger partial charge is 0.450 e. The van der Waals surface area contributed by atoms with Gasteiger partial charge in [-0.15, -0.1) is 10.2 Å². The molecule has 1 aromatic rings. The fraction of sp³-hybridized carbons (Fsp3) is 0.647. The van der Waals surface area contributed by atoms with Crippen molar-refractivity contribution in [3.63, 3.8) is 0 Å². The molecule has 9 nitrogen and oxygen atoms in total. The van der Waals surface area contributed by atoms with Gasteiger partial charge in [-0.1, -0.05) is 0 Å². The van der Waals surface area contributed by atoms with Crippen LogP contribution in [0, 0.1) is 0 Å². The minimum atomic E-state index is -0.278. The van der Waals surface area contributed by atoms with E-state index in [2.05, 4.69) is 20.4 Å². The molecule has 1 aliphatic rings. The Labute approximate surface area is 154 Å². The van der Waals surface area contributed by atoms with Crippen LogP contribution < -0.4 is 10.2 Å². The van der Waals surface area contributed by atoms with E-state index in [0.29, 0.717) is 50.8 Å². The quantitative estimate of drug-likeness (QED) is 0.702. The highest BCUT2D eigenvalue weighted by Crippen LogP contribution is 2.13. The Balaban J connectivity index is 1.80. The SMILES string of the molecule is CCOC(=O)N1CCN(c2ccc(C(=O)NCCCN(C)C)nn2)CC1.